The van der Waals surface area contributed by atoms with Crippen LogP contribution in [0.4, 0.5) is 5.82 Å². The number of imidazole rings is 1. The molecule has 5 nitrogen and oxygen atoms in total. The van der Waals surface area contributed by atoms with Crippen molar-refractivity contribution in [1.29, 1.82) is 0 Å². The lowest BCUT2D eigenvalue weighted by Crippen LogP contribution is -2.05. The highest BCUT2D eigenvalue weighted by Crippen LogP contribution is 2.25. The van der Waals surface area contributed by atoms with E-state index in [0.717, 1.165) is 5.56 Å². The van der Waals surface area contributed by atoms with Gasteiger partial charge in [0.1, 0.15) is 0 Å². The van der Waals surface area contributed by atoms with E-state index in [1.807, 2.05) is 16.7 Å². The van der Waals surface area contributed by atoms with Crippen molar-refractivity contribution < 1.29 is 0 Å². The Bertz CT molecular complexity index is 860. The molecule has 0 saturated carbocycles. The van der Waals surface area contributed by atoms with Gasteiger partial charge in [-0.25, -0.2) is 4.98 Å². The number of nitrogens with one attached hydrogen (secondary N) is 1. The third kappa shape index (κ3) is 3.37. The van der Waals surface area contributed by atoms with Gasteiger partial charge in [0, 0.05) is 12.6 Å². The fourth-order valence-electron chi connectivity index (χ4n) is 2.23. The summed E-state index contributed by atoms with van der Waals surface area (Å²) in [6.45, 7) is 4.63. The van der Waals surface area contributed by atoms with Gasteiger partial charge in [-0.05, 0) is 43.1 Å². The molecule has 0 aliphatic rings. The van der Waals surface area contributed by atoms with Crippen LogP contribution in [0.3, 0.4) is 0 Å². The first kappa shape index (κ1) is 16.3. The molecule has 3 aromatic rings. The molecule has 0 radical (unpaired) electrons. The summed E-state index contributed by atoms with van der Waals surface area (Å²) in [7, 11) is 0. The van der Waals surface area contributed by atoms with E-state index >= 15 is 0 Å². The zero-order chi connectivity index (χ0) is 16.6. The second-order valence-electron chi connectivity index (χ2n) is 5.36. The molecule has 0 amide bonds. The van der Waals surface area contributed by atoms with Gasteiger partial charge < -0.3 is 9.88 Å². The summed E-state index contributed by atoms with van der Waals surface area (Å²) in [4.78, 5) is 12.9. The largest absolute Gasteiger partial charge is 0.364 e. The van der Waals surface area contributed by atoms with Gasteiger partial charge in [-0.3, -0.25) is 0 Å². The summed E-state index contributed by atoms with van der Waals surface area (Å²) in [6.07, 6.45) is 1.74. The summed E-state index contributed by atoms with van der Waals surface area (Å²) in [6, 6.07) is 5.70. The molecular weight excluding hydrogens is 357 g/mol. The van der Waals surface area contributed by atoms with Crippen LogP contribution in [0.5, 0.6) is 0 Å². The number of anilines is 1. The van der Waals surface area contributed by atoms with Gasteiger partial charge in [-0.15, -0.1) is 0 Å². The fraction of sp³-hybridized carbons (Fsp3) is 0.267. The maximum atomic E-state index is 6.04. The molecule has 1 aromatic carbocycles. The summed E-state index contributed by atoms with van der Waals surface area (Å²) < 4.78 is 1.95. The normalized spacial score (nSPS) is 11.4. The second kappa shape index (κ2) is 6.51. The zero-order valence-electron chi connectivity index (χ0n) is 12.5. The van der Waals surface area contributed by atoms with Crippen molar-refractivity contribution in [2.75, 3.05) is 5.32 Å². The van der Waals surface area contributed by atoms with Crippen molar-refractivity contribution in [3.05, 3.63) is 45.4 Å². The summed E-state index contributed by atoms with van der Waals surface area (Å²) in [5, 5.41) is 4.45. The number of fused-ring (bicyclic) bond motifs is 1. The van der Waals surface area contributed by atoms with Gasteiger partial charge in [0.25, 0.3) is 0 Å². The van der Waals surface area contributed by atoms with E-state index in [0.29, 0.717) is 33.6 Å². The van der Waals surface area contributed by atoms with Gasteiger partial charge in [-0.2, -0.15) is 9.97 Å². The van der Waals surface area contributed by atoms with Gasteiger partial charge in [0.2, 0.25) is 5.28 Å². The quantitative estimate of drug-likeness (QED) is 0.658. The minimum atomic E-state index is 0.177. The lowest BCUT2D eigenvalue weighted by molar-refractivity contribution is 0.612. The van der Waals surface area contributed by atoms with Gasteiger partial charge >= 0.3 is 0 Å². The minimum Gasteiger partial charge on any atom is -0.364 e. The standard InChI is InChI=1S/C15H14Cl3N5/c1-8(2)23-7-20-12-13(21-15(18)22-14(12)23)19-6-9-3-4-10(16)11(17)5-9/h3-5,7-8H,6H2,1-2H3,(H,19,21,22). The van der Waals surface area contributed by atoms with Gasteiger partial charge in [0.15, 0.2) is 17.0 Å². The topological polar surface area (TPSA) is 55.6 Å². The highest BCUT2D eigenvalue weighted by Gasteiger charge is 2.14. The van der Waals surface area contributed by atoms with E-state index in [9.17, 15) is 0 Å². The molecule has 2 heterocycles. The molecular formula is C15H14Cl3N5. The molecule has 23 heavy (non-hydrogen) atoms. The van der Waals surface area contributed by atoms with Crippen LogP contribution in [0, 0.1) is 0 Å². The van der Waals surface area contributed by atoms with Crippen LogP contribution in [-0.2, 0) is 6.54 Å². The maximum absolute atomic E-state index is 6.04. The molecule has 1 N–H and O–H groups in total. The molecule has 0 aliphatic heterocycles. The van der Waals surface area contributed by atoms with E-state index in [1.54, 1.807) is 12.4 Å². The Hall–Kier alpha value is -1.56. The van der Waals surface area contributed by atoms with Crippen LogP contribution in [0.2, 0.25) is 15.3 Å². The molecule has 0 spiro atoms. The Morgan fingerprint density at radius 2 is 1.91 bits per heavy atom. The molecule has 120 valence electrons. The Morgan fingerprint density at radius 3 is 2.61 bits per heavy atom. The highest BCUT2D eigenvalue weighted by atomic mass is 35.5. The summed E-state index contributed by atoms with van der Waals surface area (Å²) in [5.41, 5.74) is 2.37. The maximum Gasteiger partial charge on any atom is 0.226 e. The number of hydrogen-bond donors (Lipinski definition) is 1. The van der Waals surface area contributed by atoms with Crippen molar-refractivity contribution in [3.8, 4) is 0 Å². The van der Waals surface area contributed by atoms with E-state index in [-0.39, 0.29) is 11.3 Å². The van der Waals surface area contributed by atoms with Gasteiger partial charge in [-0.1, -0.05) is 29.3 Å². The SMILES string of the molecule is CC(C)n1cnc2c(NCc3ccc(Cl)c(Cl)c3)nc(Cl)nc21. The predicted octanol–water partition coefficient (Wildman–Crippen LogP) is 4.98. The Morgan fingerprint density at radius 1 is 1.13 bits per heavy atom. The van der Waals surface area contributed by atoms with Crippen LogP contribution in [0.25, 0.3) is 11.2 Å². The molecule has 0 bridgehead atoms. The van der Waals surface area contributed by atoms with Crippen molar-refractivity contribution in [2.45, 2.75) is 26.4 Å². The number of nitrogens with zero attached hydrogens (tertiary/aromatic N) is 4. The predicted molar refractivity (Wildman–Crippen MR) is 94.5 cm³/mol. The number of aromatic nitrogens is 4. The summed E-state index contributed by atoms with van der Waals surface area (Å²) in [5.74, 6) is 0.588. The third-order valence-electron chi connectivity index (χ3n) is 3.39. The van der Waals surface area contributed by atoms with E-state index in [4.69, 9.17) is 34.8 Å². The molecule has 0 aliphatic carbocycles. The molecule has 8 heteroatoms. The van der Waals surface area contributed by atoms with E-state index in [2.05, 4.69) is 34.1 Å². The number of rotatable bonds is 4. The zero-order valence-corrected chi connectivity index (χ0v) is 14.8. The van der Waals surface area contributed by atoms with Crippen LogP contribution < -0.4 is 5.32 Å². The minimum absolute atomic E-state index is 0.177. The Kier molecular flexibility index (Phi) is 4.62. The van der Waals surface area contributed by atoms with Crippen LogP contribution in [0.15, 0.2) is 24.5 Å². The smallest absolute Gasteiger partial charge is 0.226 e. The molecule has 2 aromatic heterocycles. The average Bonchev–Trinajstić information content (AvgIpc) is 2.92. The number of halogens is 3. The molecule has 0 atom stereocenters. The van der Waals surface area contributed by atoms with Crippen LogP contribution >= 0.6 is 34.8 Å². The van der Waals surface area contributed by atoms with Crippen molar-refractivity contribution in [2.24, 2.45) is 0 Å². The molecule has 0 fully saturated rings. The van der Waals surface area contributed by atoms with Crippen molar-refractivity contribution in [1.82, 2.24) is 19.5 Å². The molecule has 0 saturated heterocycles. The summed E-state index contributed by atoms with van der Waals surface area (Å²) >= 11 is 18.0. The third-order valence-corrected chi connectivity index (χ3v) is 4.30. The van der Waals surface area contributed by atoms with Crippen molar-refractivity contribution >= 4 is 51.8 Å². The lowest BCUT2D eigenvalue weighted by Gasteiger charge is -2.10. The van der Waals surface area contributed by atoms with Crippen LogP contribution in [0.1, 0.15) is 25.5 Å². The van der Waals surface area contributed by atoms with Gasteiger partial charge in [0.05, 0.1) is 16.4 Å². The lowest BCUT2D eigenvalue weighted by atomic mass is 10.2. The first-order valence-electron chi connectivity index (χ1n) is 7.03. The fourth-order valence-corrected chi connectivity index (χ4v) is 2.71. The first-order valence-corrected chi connectivity index (χ1v) is 8.17. The monoisotopic (exact) mass is 369 g/mol. The second-order valence-corrected chi connectivity index (χ2v) is 6.51. The molecule has 0 unspecified atom stereocenters. The Labute approximate surface area is 148 Å². The number of hydrogen-bond acceptors (Lipinski definition) is 4. The van der Waals surface area contributed by atoms with E-state index in [1.165, 1.54) is 0 Å². The first-order chi connectivity index (χ1) is 11.0. The average molecular weight is 371 g/mol. The van der Waals surface area contributed by atoms with Crippen molar-refractivity contribution in [3.63, 3.8) is 0 Å². The Balaban J connectivity index is 1.92. The van der Waals surface area contributed by atoms with Crippen LogP contribution in [-0.4, -0.2) is 19.5 Å². The number of benzene rings is 1. The van der Waals surface area contributed by atoms with E-state index < -0.39 is 0 Å². The molecule has 3 rings (SSSR count). The highest BCUT2D eigenvalue weighted by molar-refractivity contribution is 6.42.